The van der Waals surface area contributed by atoms with Crippen molar-refractivity contribution < 1.29 is 0 Å². The average molecular weight is 1570 g/mol. The predicted octanol–water partition coefficient (Wildman–Crippen LogP) is 28.5. The van der Waals surface area contributed by atoms with Gasteiger partial charge in [0.25, 0.3) is 0 Å². The van der Waals surface area contributed by atoms with Gasteiger partial charge in [-0.1, -0.05) is 299 Å². The minimum absolute atomic E-state index is 1.00. The molecule has 0 amide bonds. The van der Waals surface area contributed by atoms with Gasteiger partial charge in [-0.25, -0.2) is 0 Å². The van der Waals surface area contributed by atoms with E-state index in [1.54, 1.807) is 0 Å². The number of anilines is 11. The highest BCUT2D eigenvalue weighted by Gasteiger charge is 2.38. The lowest BCUT2D eigenvalue weighted by Gasteiger charge is -2.40. The zero-order chi connectivity index (χ0) is 81.9. The summed E-state index contributed by atoms with van der Waals surface area (Å²) in [5.41, 5.74) is 25.5. The van der Waals surface area contributed by atoms with Crippen molar-refractivity contribution in [3.63, 3.8) is 0 Å². The van der Waals surface area contributed by atoms with Gasteiger partial charge in [0, 0.05) is 116 Å². The molecule has 1 fully saturated rings. The standard InChI is InChI=1S/C30H22N2.C24H18N2.C20H19NSi.C19H15N.C10H13N.C8H11N/c1-3-12-21(4-2)31-27-17-10-8-15-23(27)25-19-20-26-24-16-9-11-18-28(24)32(30(26)29(25)31)22-13-6-5-7-14-22;1-3-11-19(12-4-1)25-21-15-7-9-17-23(21)26(20-13-5-2-6-14-20)24-18-10-8-16-22(24)25;1-22(2)19-14-8-6-12-17(19)21(16-10-4-3-5-11-16)18-13-7-9-15-20(18)22;1-14-11-12-19-17(13-14)16-9-5-6-10-18(16)20(19)15-7-3-2-4-8-15;1-2-6-10(7-3-1)11-8-4-5-9-11;1-9(2)8-6-4-3-5-7-8/h3-20H,1-2H2;1-18H;3-15H,1-2H3;2-13H,1H3;1-3,6-7H,4-5,8-9H2;3-7H,1-2H3/b21-12+;;;;;. The van der Waals surface area contributed by atoms with Crippen LogP contribution in [-0.2, 0) is 0 Å². The van der Waals surface area contributed by atoms with Crippen LogP contribution in [0.3, 0.4) is 0 Å². The van der Waals surface area contributed by atoms with Crippen molar-refractivity contribution in [2.75, 3.05) is 51.7 Å². The number of benzene rings is 16. The molecule has 0 atom stereocenters. The Labute approximate surface area is 706 Å². The summed E-state index contributed by atoms with van der Waals surface area (Å²) in [6, 6.07) is 146. The van der Waals surface area contributed by atoms with Crippen LogP contribution in [-0.4, -0.2) is 49.0 Å². The van der Waals surface area contributed by atoms with Gasteiger partial charge in [-0.2, -0.15) is 0 Å². The highest BCUT2D eigenvalue weighted by atomic mass is 28.3. The summed E-state index contributed by atoms with van der Waals surface area (Å²) in [6.45, 7) is 17.6. The van der Waals surface area contributed by atoms with Crippen LogP contribution >= 0.6 is 0 Å². The Morgan fingerprint density at radius 3 is 1.07 bits per heavy atom. The second-order valence-electron chi connectivity index (χ2n) is 31.0. The van der Waals surface area contributed by atoms with E-state index in [9.17, 15) is 0 Å². The van der Waals surface area contributed by atoms with Crippen LogP contribution in [0.15, 0.2) is 444 Å². The van der Waals surface area contributed by atoms with Crippen LogP contribution < -0.4 is 34.9 Å². The molecule has 6 heterocycles. The normalized spacial score (nSPS) is 12.9. The summed E-state index contributed by atoms with van der Waals surface area (Å²) in [6.07, 6.45) is 8.46. The minimum atomic E-state index is -1.65. The number of nitrogens with zero attached hydrogens (tertiary/aromatic N) is 8. The van der Waals surface area contributed by atoms with Crippen molar-refractivity contribution in [1.29, 1.82) is 0 Å². The van der Waals surface area contributed by atoms with Crippen LogP contribution in [0.4, 0.5) is 62.6 Å². The van der Waals surface area contributed by atoms with Crippen LogP contribution in [0.2, 0.25) is 13.1 Å². The molecule has 0 aliphatic carbocycles. The van der Waals surface area contributed by atoms with Crippen LogP contribution in [0, 0.1) is 6.92 Å². The lowest BCUT2D eigenvalue weighted by Crippen LogP contribution is -2.58. The Bertz CT molecular complexity index is 6610. The number of aromatic nitrogens is 3. The van der Waals surface area contributed by atoms with E-state index in [0.717, 1.165) is 16.9 Å². The number of hydrogen-bond donors (Lipinski definition) is 0. The van der Waals surface area contributed by atoms with Crippen LogP contribution in [0.25, 0.3) is 82.5 Å². The molecule has 120 heavy (non-hydrogen) atoms. The molecule has 22 rings (SSSR count). The molecule has 0 unspecified atom stereocenters. The third-order valence-electron chi connectivity index (χ3n) is 23.0. The Morgan fingerprint density at radius 1 is 0.308 bits per heavy atom. The smallest absolute Gasteiger partial charge is 0.117 e. The Hall–Kier alpha value is -14.6. The zero-order valence-corrected chi connectivity index (χ0v) is 69.8. The first-order chi connectivity index (χ1) is 59.1. The van der Waals surface area contributed by atoms with E-state index >= 15 is 0 Å². The molecular formula is C111H98N8Si. The van der Waals surface area contributed by atoms with Crippen molar-refractivity contribution >= 4 is 152 Å². The van der Waals surface area contributed by atoms with E-state index in [-0.39, 0.29) is 0 Å². The van der Waals surface area contributed by atoms with E-state index in [1.165, 1.54) is 170 Å². The van der Waals surface area contributed by atoms with E-state index in [4.69, 9.17) is 0 Å². The summed E-state index contributed by atoms with van der Waals surface area (Å²) >= 11 is 0. The van der Waals surface area contributed by atoms with Gasteiger partial charge in [0.15, 0.2) is 0 Å². The quantitative estimate of drug-likeness (QED) is 0.101. The number of aryl methyl sites for hydroxylation is 1. The molecule has 1 saturated heterocycles. The molecular weight excluding hydrogens is 1470 g/mol. The van der Waals surface area contributed by atoms with Gasteiger partial charge >= 0.3 is 0 Å². The van der Waals surface area contributed by atoms with Crippen molar-refractivity contribution in [3.05, 3.63) is 449 Å². The fourth-order valence-electron chi connectivity index (χ4n) is 17.4. The van der Waals surface area contributed by atoms with E-state index < -0.39 is 8.07 Å². The zero-order valence-electron chi connectivity index (χ0n) is 68.8. The molecule has 0 spiro atoms. The average Bonchev–Trinajstić information content (AvgIpc) is 1.51. The molecule has 586 valence electrons. The molecule has 16 aromatic carbocycles. The Kier molecular flexibility index (Phi) is 23.0. The van der Waals surface area contributed by atoms with Gasteiger partial charge < -0.3 is 38.2 Å². The summed E-state index contributed by atoms with van der Waals surface area (Å²) in [4.78, 5) is 11.6. The third-order valence-corrected chi connectivity index (χ3v) is 26.5. The van der Waals surface area contributed by atoms with Crippen molar-refractivity contribution in [2.45, 2.75) is 32.9 Å². The Morgan fingerprint density at radius 2 is 0.642 bits per heavy atom. The largest absolute Gasteiger partial charge is 0.378 e. The van der Waals surface area contributed by atoms with Gasteiger partial charge in [-0.3, -0.25) is 0 Å². The monoisotopic (exact) mass is 1570 g/mol. The summed E-state index contributed by atoms with van der Waals surface area (Å²) in [5, 5.41) is 10.6. The van der Waals surface area contributed by atoms with E-state index in [0.29, 0.717) is 0 Å². The maximum atomic E-state index is 4.11. The number of fused-ring (bicyclic) bond motifs is 14. The molecule has 0 bridgehead atoms. The highest BCUT2D eigenvalue weighted by Crippen LogP contribution is 2.54. The maximum absolute atomic E-state index is 4.11. The second kappa shape index (κ2) is 35.4. The van der Waals surface area contributed by atoms with Gasteiger partial charge in [-0.05, 0) is 194 Å². The molecule has 3 aliphatic rings. The molecule has 9 heteroatoms. The van der Waals surface area contributed by atoms with Gasteiger partial charge in [0.1, 0.15) is 8.07 Å². The van der Waals surface area contributed by atoms with Gasteiger partial charge in [0.05, 0.1) is 55.8 Å². The minimum Gasteiger partial charge on any atom is -0.378 e. The van der Waals surface area contributed by atoms with Crippen molar-refractivity contribution in [3.8, 4) is 11.4 Å². The number of allylic oxidation sites excluding steroid dienone is 4. The van der Waals surface area contributed by atoms with E-state index in [1.807, 2.05) is 50.5 Å². The molecule has 3 aromatic heterocycles. The molecule has 0 N–H and O–H groups in total. The third kappa shape index (κ3) is 15.5. The molecule has 0 saturated carbocycles. The maximum Gasteiger partial charge on any atom is 0.117 e. The van der Waals surface area contributed by atoms with Gasteiger partial charge in [0.2, 0.25) is 0 Å². The number of rotatable bonds is 10. The SMILES string of the molecule is C=C/C=C(\C=C)n1c2ccccc2c2ccc3c4ccccc4n(-c4ccccc4)c3c21.CN(C)c1ccccc1.C[Si]1(C)c2ccccc2N(c2ccccc2)c2ccccc21.Cc1ccc2c(c1)c1ccccc1n2-c1ccccc1.c1ccc(N2CCCC2)cc1.c1ccc(N2c3ccccc3N(c3ccccc3)c3ccccc32)cc1. The summed E-state index contributed by atoms with van der Waals surface area (Å²) < 4.78 is 7.04. The van der Waals surface area contributed by atoms with E-state index in [2.05, 4.69) is 466 Å². The first-order valence-electron chi connectivity index (χ1n) is 41.5. The number of para-hydroxylation sites is 16. The van der Waals surface area contributed by atoms with Gasteiger partial charge in [-0.15, -0.1) is 0 Å². The van der Waals surface area contributed by atoms with Crippen LogP contribution in [0.1, 0.15) is 18.4 Å². The number of hydrogen-bond acceptors (Lipinski definition) is 5. The lowest BCUT2D eigenvalue weighted by atomic mass is 10.0. The van der Waals surface area contributed by atoms with Crippen LogP contribution in [0.5, 0.6) is 0 Å². The molecule has 3 aliphatic heterocycles. The predicted molar refractivity (Wildman–Crippen MR) is 520 cm³/mol. The molecule has 8 nitrogen and oxygen atoms in total. The Balaban J connectivity index is 0.000000107. The fraction of sp³-hybridized carbons (Fsp3) is 0.0811. The van der Waals surface area contributed by atoms with Crippen molar-refractivity contribution in [2.24, 2.45) is 0 Å². The second-order valence-corrected chi connectivity index (χ2v) is 35.4. The first-order valence-corrected chi connectivity index (χ1v) is 44.5. The molecule has 0 radical (unpaired) electrons. The lowest BCUT2D eigenvalue weighted by molar-refractivity contribution is 0.949. The summed E-state index contributed by atoms with van der Waals surface area (Å²) in [7, 11) is 2.43. The highest BCUT2D eigenvalue weighted by molar-refractivity contribution is 7.02. The summed E-state index contributed by atoms with van der Waals surface area (Å²) in [5.74, 6) is 0. The topological polar surface area (TPSA) is 31.0 Å². The fourth-order valence-corrected chi connectivity index (χ4v) is 20.4. The first kappa shape index (κ1) is 77.9. The molecule has 19 aromatic rings. The van der Waals surface area contributed by atoms with Crippen molar-refractivity contribution in [1.82, 2.24) is 13.7 Å².